The van der Waals surface area contributed by atoms with E-state index in [2.05, 4.69) is 20.2 Å². The highest BCUT2D eigenvalue weighted by Crippen LogP contribution is 2.31. The maximum absolute atomic E-state index is 11.7. The summed E-state index contributed by atoms with van der Waals surface area (Å²) in [6.07, 6.45) is 1.68. The molecule has 1 saturated heterocycles. The van der Waals surface area contributed by atoms with Crippen molar-refractivity contribution in [1.82, 2.24) is 15.3 Å². The van der Waals surface area contributed by atoms with E-state index in [0.29, 0.717) is 5.95 Å². The quantitative estimate of drug-likeness (QED) is 0.869. The van der Waals surface area contributed by atoms with Gasteiger partial charge in [-0.05, 0) is 24.3 Å². The van der Waals surface area contributed by atoms with E-state index in [9.17, 15) is 4.79 Å². The van der Waals surface area contributed by atoms with Gasteiger partial charge in [-0.25, -0.2) is 4.98 Å². The summed E-state index contributed by atoms with van der Waals surface area (Å²) in [6.45, 7) is 1.64. The molecule has 0 radical (unpaired) electrons. The second kappa shape index (κ2) is 5.24. The highest BCUT2D eigenvalue weighted by atomic mass is 32.1. The van der Waals surface area contributed by atoms with Gasteiger partial charge in [-0.3, -0.25) is 4.79 Å². The van der Waals surface area contributed by atoms with Crippen LogP contribution in [-0.2, 0) is 4.79 Å². The zero-order valence-corrected chi connectivity index (χ0v) is 12.1. The van der Waals surface area contributed by atoms with Crippen LogP contribution in [0.3, 0.4) is 0 Å². The zero-order valence-electron chi connectivity index (χ0n) is 11.3. The van der Waals surface area contributed by atoms with Crippen LogP contribution in [0, 0.1) is 5.92 Å². The van der Waals surface area contributed by atoms with Crippen LogP contribution in [0.4, 0.5) is 11.8 Å². The first kappa shape index (κ1) is 13.1. The first-order valence-corrected chi connectivity index (χ1v) is 7.54. The minimum Gasteiger partial charge on any atom is -0.368 e. The third-order valence-electron chi connectivity index (χ3n) is 3.73. The lowest BCUT2D eigenvalue weighted by Crippen LogP contribution is -2.40. The number of aromatic nitrogens is 2. The van der Waals surface area contributed by atoms with E-state index in [1.165, 1.54) is 0 Å². The largest absolute Gasteiger partial charge is 0.368 e. The van der Waals surface area contributed by atoms with E-state index in [-0.39, 0.29) is 11.8 Å². The van der Waals surface area contributed by atoms with Crippen LogP contribution in [0.2, 0.25) is 0 Å². The molecule has 2 aromatic rings. The number of amides is 1. The second-order valence-electron chi connectivity index (χ2n) is 4.92. The Balaban J connectivity index is 1.83. The molecule has 1 aliphatic heterocycles. The minimum absolute atomic E-state index is 0.105. The van der Waals surface area contributed by atoms with Crippen molar-refractivity contribution in [3.8, 4) is 0 Å². The Labute approximate surface area is 121 Å². The molecule has 1 fully saturated rings. The molecule has 6 nitrogen and oxygen atoms in total. The molecule has 106 valence electrons. The fourth-order valence-corrected chi connectivity index (χ4v) is 3.42. The summed E-state index contributed by atoms with van der Waals surface area (Å²) in [5, 5.41) is 5.77. The lowest BCUT2D eigenvalue weighted by Gasteiger charge is -2.32. The molecule has 20 heavy (non-hydrogen) atoms. The zero-order chi connectivity index (χ0) is 14.1. The summed E-state index contributed by atoms with van der Waals surface area (Å²) in [6, 6.07) is 2.03. The van der Waals surface area contributed by atoms with Crippen molar-refractivity contribution in [3.05, 3.63) is 11.4 Å². The van der Waals surface area contributed by atoms with Gasteiger partial charge in [-0.2, -0.15) is 4.98 Å². The van der Waals surface area contributed by atoms with E-state index in [1.54, 1.807) is 18.4 Å². The second-order valence-corrected chi connectivity index (χ2v) is 5.81. The third kappa shape index (κ3) is 2.29. The number of rotatable bonds is 2. The Morgan fingerprint density at radius 1 is 1.45 bits per heavy atom. The number of nitrogens with zero attached hydrogens (tertiary/aromatic N) is 3. The average molecular weight is 291 g/mol. The number of hydrogen-bond donors (Lipinski definition) is 2. The lowest BCUT2D eigenvalue weighted by atomic mass is 9.96. The first-order chi connectivity index (χ1) is 9.69. The predicted octanol–water partition coefficient (Wildman–Crippen LogP) is 1.24. The number of nitrogens with one attached hydrogen (secondary N) is 1. The monoisotopic (exact) mass is 291 g/mol. The molecule has 3 heterocycles. The van der Waals surface area contributed by atoms with E-state index < -0.39 is 0 Å². The highest BCUT2D eigenvalue weighted by molar-refractivity contribution is 7.16. The van der Waals surface area contributed by atoms with Crippen molar-refractivity contribution in [2.24, 2.45) is 5.92 Å². The van der Waals surface area contributed by atoms with E-state index in [4.69, 9.17) is 5.73 Å². The Morgan fingerprint density at radius 3 is 2.90 bits per heavy atom. The Bertz CT molecular complexity index is 633. The Morgan fingerprint density at radius 2 is 2.20 bits per heavy atom. The number of fused-ring (bicyclic) bond motifs is 1. The van der Waals surface area contributed by atoms with Crippen LogP contribution in [-0.4, -0.2) is 36.0 Å². The smallest absolute Gasteiger partial charge is 0.223 e. The van der Waals surface area contributed by atoms with Crippen molar-refractivity contribution in [3.63, 3.8) is 0 Å². The number of hydrogen-bond acceptors (Lipinski definition) is 6. The third-order valence-corrected chi connectivity index (χ3v) is 4.54. The van der Waals surface area contributed by atoms with Gasteiger partial charge in [0.1, 0.15) is 10.6 Å². The van der Waals surface area contributed by atoms with Gasteiger partial charge in [0.05, 0.1) is 5.39 Å². The maximum atomic E-state index is 11.7. The molecule has 1 amide bonds. The van der Waals surface area contributed by atoms with Gasteiger partial charge < -0.3 is 16.0 Å². The van der Waals surface area contributed by atoms with Crippen molar-refractivity contribution in [1.29, 1.82) is 0 Å². The van der Waals surface area contributed by atoms with Crippen molar-refractivity contribution in [2.75, 3.05) is 30.8 Å². The molecule has 3 N–H and O–H groups in total. The van der Waals surface area contributed by atoms with E-state index in [1.807, 2.05) is 11.4 Å². The molecule has 0 unspecified atom stereocenters. The van der Waals surface area contributed by atoms with E-state index in [0.717, 1.165) is 42.0 Å². The summed E-state index contributed by atoms with van der Waals surface area (Å²) in [7, 11) is 1.69. The predicted molar refractivity (Wildman–Crippen MR) is 80.8 cm³/mol. The Kier molecular flexibility index (Phi) is 3.43. The molecule has 0 saturated carbocycles. The van der Waals surface area contributed by atoms with Crippen molar-refractivity contribution >= 4 is 39.2 Å². The van der Waals surface area contributed by atoms with Crippen molar-refractivity contribution < 1.29 is 4.79 Å². The normalized spacial score (nSPS) is 16.6. The SMILES string of the molecule is CNC(=O)C1CCN(c2nc(N)nc3sccc23)CC1. The van der Waals surface area contributed by atoms with Crippen LogP contribution in [0.15, 0.2) is 11.4 Å². The lowest BCUT2D eigenvalue weighted by molar-refractivity contribution is -0.125. The van der Waals surface area contributed by atoms with Gasteiger partial charge in [0.2, 0.25) is 11.9 Å². The van der Waals surface area contributed by atoms with Gasteiger partial charge in [0, 0.05) is 26.1 Å². The fraction of sp³-hybridized carbons (Fsp3) is 0.462. The summed E-state index contributed by atoms with van der Waals surface area (Å²) in [5.74, 6) is 1.44. The van der Waals surface area contributed by atoms with Crippen LogP contribution in [0.25, 0.3) is 10.2 Å². The molecular weight excluding hydrogens is 274 g/mol. The summed E-state index contributed by atoms with van der Waals surface area (Å²) >= 11 is 1.57. The summed E-state index contributed by atoms with van der Waals surface area (Å²) in [4.78, 5) is 23.4. The number of carbonyl (C=O) groups is 1. The van der Waals surface area contributed by atoms with Gasteiger partial charge in [-0.1, -0.05) is 0 Å². The van der Waals surface area contributed by atoms with Gasteiger partial charge in [-0.15, -0.1) is 11.3 Å². The molecule has 0 spiro atoms. The van der Waals surface area contributed by atoms with E-state index >= 15 is 0 Å². The number of nitrogen functional groups attached to an aromatic ring is 1. The van der Waals surface area contributed by atoms with Crippen LogP contribution >= 0.6 is 11.3 Å². The molecule has 7 heteroatoms. The number of piperidine rings is 1. The van der Waals surface area contributed by atoms with Crippen molar-refractivity contribution in [2.45, 2.75) is 12.8 Å². The summed E-state index contributed by atoms with van der Waals surface area (Å²) in [5.41, 5.74) is 5.78. The Hall–Kier alpha value is -1.89. The number of anilines is 2. The highest BCUT2D eigenvalue weighted by Gasteiger charge is 2.26. The van der Waals surface area contributed by atoms with Gasteiger partial charge in [0.15, 0.2) is 0 Å². The number of nitrogens with two attached hydrogens (primary N) is 1. The molecule has 0 atom stereocenters. The molecule has 0 bridgehead atoms. The van der Waals surface area contributed by atoms with Crippen LogP contribution in [0.5, 0.6) is 0 Å². The number of thiophene rings is 1. The van der Waals surface area contributed by atoms with Crippen LogP contribution < -0.4 is 16.0 Å². The molecule has 2 aromatic heterocycles. The maximum Gasteiger partial charge on any atom is 0.223 e. The standard InChI is InChI=1S/C13H17N5OS/c1-15-11(19)8-2-5-18(6-3-8)10-9-4-7-20-12(9)17-13(14)16-10/h4,7-8H,2-3,5-6H2,1H3,(H,15,19)(H2,14,16,17). The molecule has 0 aromatic carbocycles. The molecular formula is C13H17N5OS. The topological polar surface area (TPSA) is 84.1 Å². The fourth-order valence-electron chi connectivity index (χ4n) is 2.65. The van der Waals surface area contributed by atoms with Gasteiger partial charge >= 0.3 is 0 Å². The molecule has 3 rings (SSSR count). The molecule has 1 aliphatic rings. The van der Waals surface area contributed by atoms with Crippen LogP contribution in [0.1, 0.15) is 12.8 Å². The van der Waals surface area contributed by atoms with Gasteiger partial charge in [0.25, 0.3) is 0 Å². The first-order valence-electron chi connectivity index (χ1n) is 6.66. The summed E-state index contributed by atoms with van der Waals surface area (Å²) < 4.78 is 0. The number of carbonyl (C=O) groups excluding carboxylic acids is 1. The minimum atomic E-state index is 0.105. The average Bonchev–Trinajstić information content (AvgIpc) is 2.94. The molecule has 0 aliphatic carbocycles.